The maximum Gasteiger partial charge on any atom is 0.265 e. The molecule has 2 heterocycles. The smallest absolute Gasteiger partial charge is 0.265 e. The fourth-order valence-electron chi connectivity index (χ4n) is 1.46. The fraction of sp³-hybridized carbons (Fsp3) is 0.375. The second-order valence-corrected chi connectivity index (χ2v) is 3.90. The zero-order valence-electron chi connectivity index (χ0n) is 7.09. The monoisotopic (exact) mass is 197 g/mol. The van der Waals surface area contributed by atoms with Crippen LogP contribution in [0.15, 0.2) is 11.1 Å². The molecule has 0 radical (unpaired) electrons. The summed E-state index contributed by atoms with van der Waals surface area (Å²) in [6.45, 7) is 0.970. The van der Waals surface area contributed by atoms with Crippen LogP contribution >= 0.6 is 11.9 Å². The Morgan fingerprint density at radius 1 is 1.62 bits per heavy atom. The minimum Gasteiger partial charge on any atom is -0.364 e. The molecule has 5 heteroatoms. The molecule has 1 aromatic heterocycles. The van der Waals surface area contributed by atoms with E-state index in [2.05, 4.69) is 9.71 Å². The number of aromatic nitrogens is 1. The Labute approximate surface area is 80.4 Å². The molecule has 1 aliphatic heterocycles. The summed E-state index contributed by atoms with van der Waals surface area (Å²) in [4.78, 5) is 15.0. The Hall–Kier alpha value is -0.940. The maximum atomic E-state index is 11.0. The fourth-order valence-corrected chi connectivity index (χ4v) is 2.31. The average molecular weight is 197 g/mol. The van der Waals surface area contributed by atoms with Crippen LogP contribution in [0.5, 0.6) is 0 Å². The Morgan fingerprint density at radius 3 is 3.23 bits per heavy atom. The van der Waals surface area contributed by atoms with Crippen LogP contribution in [0.25, 0.3) is 0 Å². The van der Waals surface area contributed by atoms with E-state index >= 15 is 0 Å². The van der Waals surface area contributed by atoms with Crippen molar-refractivity contribution in [1.29, 1.82) is 0 Å². The summed E-state index contributed by atoms with van der Waals surface area (Å²) in [5.74, 6) is -0.372. The first kappa shape index (κ1) is 8.65. The van der Waals surface area contributed by atoms with Gasteiger partial charge in [0, 0.05) is 17.6 Å². The van der Waals surface area contributed by atoms with Crippen molar-refractivity contribution in [3.63, 3.8) is 0 Å². The van der Waals surface area contributed by atoms with Crippen LogP contribution in [0.1, 0.15) is 22.5 Å². The molecule has 0 aromatic carbocycles. The molecule has 0 atom stereocenters. The highest BCUT2D eigenvalue weighted by Crippen LogP contribution is 2.26. The largest absolute Gasteiger partial charge is 0.364 e. The summed E-state index contributed by atoms with van der Waals surface area (Å²) in [7, 11) is 0. The highest BCUT2D eigenvalue weighted by atomic mass is 32.2. The molecule has 4 nitrogen and oxygen atoms in total. The minimum atomic E-state index is -0.372. The second kappa shape index (κ2) is 3.43. The van der Waals surface area contributed by atoms with E-state index in [1.807, 2.05) is 6.20 Å². The quantitative estimate of drug-likeness (QED) is 0.579. The summed E-state index contributed by atoms with van der Waals surface area (Å²) < 4.78 is 3.20. The number of aromatic amines is 1. The van der Waals surface area contributed by atoms with Crippen molar-refractivity contribution in [2.24, 2.45) is 5.73 Å². The third-order valence-electron chi connectivity index (χ3n) is 2.08. The number of amides is 1. The molecular formula is C8H11N3OS. The number of nitrogens with two attached hydrogens (primary N) is 1. The lowest BCUT2D eigenvalue weighted by Crippen LogP contribution is -2.13. The zero-order valence-corrected chi connectivity index (χ0v) is 7.91. The van der Waals surface area contributed by atoms with Gasteiger partial charge < -0.3 is 10.7 Å². The lowest BCUT2D eigenvalue weighted by molar-refractivity contribution is 0.0995. The molecule has 0 spiro atoms. The maximum absolute atomic E-state index is 11.0. The van der Waals surface area contributed by atoms with Crippen LogP contribution in [0.3, 0.4) is 0 Å². The lowest BCUT2D eigenvalue weighted by atomic mass is 10.1. The molecule has 70 valence electrons. The van der Waals surface area contributed by atoms with Gasteiger partial charge >= 0.3 is 0 Å². The Balaban J connectivity index is 2.39. The van der Waals surface area contributed by atoms with Crippen molar-refractivity contribution >= 4 is 17.9 Å². The van der Waals surface area contributed by atoms with E-state index in [1.54, 1.807) is 11.9 Å². The number of nitrogens with one attached hydrogen (secondary N) is 2. The molecular weight excluding hydrogens is 186 g/mol. The molecule has 0 bridgehead atoms. The molecule has 13 heavy (non-hydrogen) atoms. The van der Waals surface area contributed by atoms with Crippen LogP contribution in [0, 0.1) is 0 Å². The van der Waals surface area contributed by atoms with Gasteiger partial charge in [0.2, 0.25) is 0 Å². The summed E-state index contributed by atoms with van der Waals surface area (Å²) in [6, 6.07) is 0. The molecule has 0 saturated carbocycles. The van der Waals surface area contributed by atoms with E-state index in [1.165, 1.54) is 0 Å². The highest BCUT2D eigenvalue weighted by Gasteiger charge is 2.17. The second-order valence-electron chi connectivity index (χ2n) is 2.97. The number of fused-ring (bicyclic) bond motifs is 1. The lowest BCUT2D eigenvalue weighted by Gasteiger charge is -1.98. The number of H-pyrrole nitrogens is 1. The van der Waals surface area contributed by atoms with Crippen molar-refractivity contribution in [2.75, 3.05) is 6.54 Å². The topological polar surface area (TPSA) is 70.9 Å². The zero-order chi connectivity index (χ0) is 9.26. The van der Waals surface area contributed by atoms with Gasteiger partial charge in [0.15, 0.2) is 0 Å². The van der Waals surface area contributed by atoms with Gasteiger partial charge in [0.1, 0.15) is 5.69 Å². The van der Waals surface area contributed by atoms with Gasteiger partial charge in [-0.15, -0.1) is 0 Å². The van der Waals surface area contributed by atoms with E-state index in [0.29, 0.717) is 5.69 Å². The summed E-state index contributed by atoms with van der Waals surface area (Å²) in [5, 5.41) is 0. The van der Waals surface area contributed by atoms with Crippen molar-refractivity contribution in [3.8, 4) is 0 Å². The predicted octanol–water partition coefficient (Wildman–Crippen LogP) is 0.656. The average Bonchev–Trinajstić information content (AvgIpc) is 2.36. The summed E-state index contributed by atoms with van der Waals surface area (Å²) >= 11 is 1.56. The van der Waals surface area contributed by atoms with Crippen LogP contribution in [-0.2, 0) is 6.42 Å². The molecule has 1 aromatic rings. The summed E-state index contributed by atoms with van der Waals surface area (Å²) in [5.41, 5.74) is 6.85. The van der Waals surface area contributed by atoms with Crippen molar-refractivity contribution < 1.29 is 4.79 Å². The van der Waals surface area contributed by atoms with Gasteiger partial charge in [-0.25, -0.2) is 0 Å². The van der Waals surface area contributed by atoms with Gasteiger partial charge in [0.25, 0.3) is 5.91 Å². The summed E-state index contributed by atoms with van der Waals surface area (Å²) in [6.07, 6.45) is 3.79. The van der Waals surface area contributed by atoms with Gasteiger partial charge in [-0.3, -0.25) is 9.52 Å². The van der Waals surface area contributed by atoms with E-state index in [0.717, 1.165) is 29.8 Å². The highest BCUT2D eigenvalue weighted by molar-refractivity contribution is 7.97. The number of hydrogen-bond donors (Lipinski definition) is 3. The van der Waals surface area contributed by atoms with E-state index < -0.39 is 0 Å². The normalized spacial score (nSPS) is 16.3. The van der Waals surface area contributed by atoms with Crippen molar-refractivity contribution in [3.05, 3.63) is 17.5 Å². The number of rotatable bonds is 1. The molecule has 4 N–H and O–H groups in total. The first-order chi connectivity index (χ1) is 6.29. The first-order valence-corrected chi connectivity index (χ1v) is 5.00. The number of carbonyl (C=O) groups is 1. The van der Waals surface area contributed by atoms with Gasteiger partial charge in [-0.05, 0) is 30.4 Å². The third-order valence-corrected chi connectivity index (χ3v) is 3.01. The standard InChI is InChI=1S/C8H11N3OS/c9-8(12)7-5-2-1-3-11-13-6(5)4-10-7/h4,10-11H,1-3H2,(H2,9,12). The molecule has 0 fully saturated rings. The first-order valence-electron chi connectivity index (χ1n) is 4.19. The Bertz CT molecular complexity index is 334. The molecule has 0 aliphatic carbocycles. The molecule has 2 rings (SSSR count). The van der Waals surface area contributed by atoms with Crippen LogP contribution < -0.4 is 10.5 Å². The van der Waals surface area contributed by atoms with Crippen molar-refractivity contribution in [1.82, 2.24) is 9.71 Å². The predicted molar refractivity (Wildman–Crippen MR) is 51.5 cm³/mol. The Kier molecular flexibility index (Phi) is 2.28. The van der Waals surface area contributed by atoms with Crippen LogP contribution in [0.4, 0.5) is 0 Å². The van der Waals surface area contributed by atoms with E-state index in [-0.39, 0.29) is 5.91 Å². The van der Waals surface area contributed by atoms with E-state index in [4.69, 9.17) is 5.73 Å². The van der Waals surface area contributed by atoms with Gasteiger partial charge in [-0.2, -0.15) is 0 Å². The Morgan fingerprint density at radius 2 is 2.46 bits per heavy atom. The molecule has 1 amide bonds. The molecule has 1 aliphatic rings. The minimum absolute atomic E-state index is 0.372. The third kappa shape index (κ3) is 1.57. The van der Waals surface area contributed by atoms with Gasteiger partial charge in [-0.1, -0.05) is 0 Å². The van der Waals surface area contributed by atoms with Crippen LogP contribution in [-0.4, -0.2) is 17.4 Å². The van der Waals surface area contributed by atoms with Crippen LogP contribution in [0.2, 0.25) is 0 Å². The number of hydrogen-bond acceptors (Lipinski definition) is 3. The number of primary amides is 1. The van der Waals surface area contributed by atoms with Crippen molar-refractivity contribution in [2.45, 2.75) is 17.7 Å². The molecule has 0 unspecified atom stereocenters. The van der Waals surface area contributed by atoms with Gasteiger partial charge in [0.05, 0.1) is 0 Å². The SMILES string of the molecule is NC(=O)c1[nH]cc2c1CCCNS2. The molecule has 0 saturated heterocycles. The number of carbonyl (C=O) groups excluding carboxylic acids is 1. The van der Waals surface area contributed by atoms with E-state index in [9.17, 15) is 4.79 Å².